The Morgan fingerprint density at radius 2 is 2.08 bits per heavy atom. The summed E-state index contributed by atoms with van der Waals surface area (Å²) in [5, 5.41) is 4.09. The van der Waals surface area contributed by atoms with Gasteiger partial charge in [-0.1, -0.05) is 20.8 Å². The lowest BCUT2D eigenvalue weighted by atomic mass is 9.85. The number of rotatable bonds is 1. The molecule has 1 unspecified atom stereocenters. The van der Waals surface area contributed by atoms with Crippen LogP contribution >= 0.6 is 0 Å². The Hall–Kier alpha value is -0.830. The van der Waals surface area contributed by atoms with Crippen molar-refractivity contribution in [1.29, 1.82) is 0 Å². The molecule has 1 atom stereocenters. The van der Waals surface area contributed by atoms with Crippen molar-refractivity contribution in [3.63, 3.8) is 0 Å². The van der Waals surface area contributed by atoms with E-state index >= 15 is 0 Å². The fourth-order valence-corrected chi connectivity index (χ4v) is 1.13. The molecule has 3 nitrogen and oxygen atoms in total. The maximum absolute atomic E-state index is 6.06. The summed E-state index contributed by atoms with van der Waals surface area (Å²) in [5.74, 6) is 0. The minimum atomic E-state index is 0.0463. The third kappa shape index (κ3) is 1.67. The lowest BCUT2D eigenvalue weighted by molar-refractivity contribution is 0.314. The first kappa shape index (κ1) is 9.26. The minimum Gasteiger partial charge on any atom is -0.322 e. The van der Waals surface area contributed by atoms with Gasteiger partial charge in [-0.15, -0.1) is 0 Å². The smallest absolute Gasteiger partial charge is 0.0553 e. The Bertz CT molecular complexity index is 257. The Labute approximate surface area is 73.6 Å². The fraction of sp³-hybridized carbons (Fsp3) is 0.667. The van der Waals surface area contributed by atoms with Crippen molar-refractivity contribution in [2.75, 3.05) is 0 Å². The second kappa shape index (κ2) is 2.90. The van der Waals surface area contributed by atoms with Crippen molar-refractivity contribution in [2.24, 2.45) is 18.2 Å². The maximum atomic E-state index is 6.06. The van der Waals surface area contributed by atoms with E-state index in [9.17, 15) is 0 Å². The summed E-state index contributed by atoms with van der Waals surface area (Å²) in [6.07, 6.45) is 1.78. The van der Waals surface area contributed by atoms with Gasteiger partial charge >= 0.3 is 0 Å². The molecular weight excluding hydrogens is 150 g/mol. The van der Waals surface area contributed by atoms with Crippen LogP contribution in [0, 0.1) is 5.41 Å². The van der Waals surface area contributed by atoms with Crippen LogP contribution in [0.2, 0.25) is 0 Å². The van der Waals surface area contributed by atoms with Crippen molar-refractivity contribution in [3.05, 3.63) is 18.0 Å². The second-order valence-corrected chi connectivity index (χ2v) is 4.22. The van der Waals surface area contributed by atoms with Gasteiger partial charge in [0.1, 0.15) is 0 Å². The Morgan fingerprint density at radius 3 is 2.42 bits per heavy atom. The quantitative estimate of drug-likeness (QED) is 0.688. The van der Waals surface area contributed by atoms with E-state index in [1.807, 2.05) is 17.8 Å². The summed E-state index contributed by atoms with van der Waals surface area (Å²) in [4.78, 5) is 0. The van der Waals surface area contributed by atoms with Crippen LogP contribution in [-0.4, -0.2) is 9.78 Å². The summed E-state index contributed by atoms with van der Waals surface area (Å²) in [7, 11) is 1.92. The largest absolute Gasteiger partial charge is 0.322 e. The monoisotopic (exact) mass is 167 g/mol. The van der Waals surface area contributed by atoms with Crippen LogP contribution in [0.25, 0.3) is 0 Å². The van der Waals surface area contributed by atoms with E-state index < -0.39 is 0 Å². The summed E-state index contributed by atoms with van der Waals surface area (Å²) < 4.78 is 1.83. The number of nitrogens with two attached hydrogens (primary N) is 1. The van der Waals surface area contributed by atoms with E-state index in [1.54, 1.807) is 6.20 Å². The molecule has 1 rings (SSSR count). The molecule has 0 aliphatic heterocycles. The number of aromatic nitrogens is 2. The second-order valence-electron chi connectivity index (χ2n) is 4.22. The molecule has 1 aromatic heterocycles. The van der Waals surface area contributed by atoms with Crippen LogP contribution in [-0.2, 0) is 7.05 Å². The van der Waals surface area contributed by atoms with Crippen molar-refractivity contribution in [3.8, 4) is 0 Å². The molecule has 0 saturated carbocycles. The fourth-order valence-electron chi connectivity index (χ4n) is 1.13. The number of hydrogen-bond acceptors (Lipinski definition) is 2. The van der Waals surface area contributed by atoms with E-state index in [-0.39, 0.29) is 11.5 Å². The van der Waals surface area contributed by atoms with E-state index in [1.165, 1.54) is 0 Å². The molecule has 0 amide bonds. The van der Waals surface area contributed by atoms with Gasteiger partial charge in [-0.05, 0) is 11.5 Å². The van der Waals surface area contributed by atoms with Crippen LogP contribution in [0.5, 0.6) is 0 Å². The highest BCUT2D eigenvalue weighted by molar-refractivity contribution is 5.08. The van der Waals surface area contributed by atoms with Crippen molar-refractivity contribution in [2.45, 2.75) is 26.8 Å². The molecule has 12 heavy (non-hydrogen) atoms. The minimum absolute atomic E-state index is 0.0463. The highest BCUT2D eigenvalue weighted by Gasteiger charge is 2.24. The molecule has 0 aliphatic carbocycles. The molecule has 0 radical (unpaired) electrons. The summed E-state index contributed by atoms with van der Waals surface area (Å²) in [6.45, 7) is 6.39. The molecule has 0 fully saturated rings. The molecule has 0 spiro atoms. The van der Waals surface area contributed by atoms with Gasteiger partial charge in [-0.25, -0.2) is 0 Å². The van der Waals surface area contributed by atoms with Gasteiger partial charge in [-0.2, -0.15) is 5.10 Å². The average Bonchev–Trinajstić information content (AvgIpc) is 2.31. The topological polar surface area (TPSA) is 43.8 Å². The van der Waals surface area contributed by atoms with Gasteiger partial charge in [0.25, 0.3) is 0 Å². The third-order valence-electron chi connectivity index (χ3n) is 2.11. The Balaban J connectivity index is 2.92. The van der Waals surface area contributed by atoms with E-state index in [0.29, 0.717) is 0 Å². The zero-order valence-electron chi connectivity index (χ0n) is 8.20. The standard InChI is InChI=1S/C9H17N3/c1-9(2,3)8(10)7-5-6-11-12(7)4/h5-6,8H,10H2,1-4H3. The molecule has 2 N–H and O–H groups in total. The Morgan fingerprint density at radius 1 is 1.50 bits per heavy atom. The van der Waals surface area contributed by atoms with Gasteiger partial charge in [0, 0.05) is 13.2 Å². The van der Waals surface area contributed by atoms with E-state index in [0.717, 1.165) is 5.69 Å². The summed E-state index contributed by atoms with van der Waals surface area (Å²) in [5.41, 5.74) is 7.23. The third-order valence-corrected chi connectivity index (χ3v) is 2.11. The molecule has 3 heteroatoms. The number of aryl methyl sites for hydroxylation is 1. The zero-order valence-corrected chi connectivity index (χ0v) is 8.20. The molecular formula is C9H17N3. The number of hydrogen-bond donors (Lipinski definition) is 1. The first-order valence-corrected chi connectivity index (χ1v) is 4.16. The van der Waals surface area contributed by atoms with Crippen LogP contribution in [0.3, 0.4) is 0 Å². The molecule has 0 saturated heterocycles. The summed E-state index contributed by atoms with van der Waals surface area (Å²) >= 11 is 0. The van der Waals surface area contributed by atoms with Crippen LogP contribution in [0.4, 0.5) is 0 Å². The molecule has 68 valence electrons. The predicted molar refractivity (Wildman–Crippen MR) is 49.6 cm³/mol. The molecule has 1 aromatic rings. The predicted octanol–water partition coefficient (Wildman–Crippen LogP) is 1.47. The van der Waals surface area contributed by atoms with E-state index in [2.05, 4.69) is 25.9 Å². The lowest BCUT2D eigenvalue weighted by Gasteiger charge is -2.26. The van der Waals surface area contributed by atoms with Gasteiger partial charge in [-0.3, -0.25) is 4.68 Å². The zero-order chi connectivity index (χ0) is 9.35. The van der Waals surface area contributed by atoms with Gasteiger partial charge in [0.15, 0.2) is 0 Å². The highest BCUT2D eigenvalue weighted by atomic mass is 15.3. The first-order chi connectivity index (χ1) is 5.43. The van der Waals surface area contributed by atoms with Gasteiger partial charge < -0.3 is 5.73 Å². The Kier molecular flexibility index (Phi) is 2.24. The maximum Gasteiger partial charge on any atom is 0.0553 e. The van der Waals surface area contributed by atoms with Crippen LogP contribution in [0.1, 0.15) is 32.5 Å². The molecule has 0 aliphatic rings. The first-order valence-electron chi connectivity index (χ1n) is 4.16. The molecule has 0 aromatic carbocycles. The highest BCUT2D eigenvalue weighted by Crippen LogP contribution is 2.29. The number of nitrogens with zero attached hydrogens (tertiary/aromatic N) is 2. The summed E-state index contributed by atoms with van der Waals surface area (Å²) in [6, 6.07) is 2.01. The molecule has 0 bridgehead atoms. The SMILES string of the molecule is Cn1nccc1C(N)C(C)(C)C. The van der Waals surface area contributed by atoms with E-state index in [4.69, 9.17) is 5.73 Å². The average molecular weight is 167 g/mol. The molecule has 1 heterocycles. The van der Waals surface area contributed by atoms with Gasteiger partial charge in [0.2, 0.25) is 0 Å². The lowest BCUT2D eigenvalue weighted by Crippen LogP contribution is -2.28. The van der Waals surface area contributed by atoms with Crippen LogP contribution < -0.4 is 5.73 Å². The van der Waals surface area contributed by atoms with Crippen LogP contribution in [0.15, 0.2) is 12.3 Å². The van der Waals surface area contributed by atoms with Crippen molar-refractivity contribution in [1.82, 2.24) is 9.78 Å². The van der Waals surface area contributed by atoms with Crippen molar-refractivity contribution < 1.29 is 0 Å². The normalized spacial score (nSPS) is 14.8. The van der Waals surface area contributed by atoms with Gasteiger partial charge in [0.05, 0.1) is 11.7 Å². The van der Waals surface area contributed by atoms with Crippen molar-refractivity contribution >= 4 is 0 Å².